The van der Waals surface area contributed by atoms with Crippen LogP contribution in [0.15, 0.2) is 47.4 Å². The molecule has 29 heavy (non-hydrogen) atoms. The van der Waals surface area contributed by atoms with Crippen molar-refractivity contribution in [2.24, 2.45) is 0 Å². The molecule has 0 aliphatic carbocycles. The van der Waals surface area contributed by atoms with E-state index in [0.29, 0.717) is 11.4 Å². The first-order valence-corrected chi connectivity index (χ1v) is 10.6. The van der Waals surface area contributed by atoms with E-state index in [1.165, 1.54) is 43.5 Å². The normalized spacial score (nSPS) is 11.3. The van der Waals surface area contributed by atoms with Crippen molar-refractivity contribution < 1.29 is 31.5 Å². The van der Waals surface area contributed by atoms with Gasteiger partial charge >= 0.3 is 6.61 Å². The molecule has 0 aliphatic heterocycles. The van der Waals surface area contributed by atoms with Crippen molar-refractivity contribution in [1.82, 2.24) is 5.32 Å². The van der Waals surface area contributed by atoms with Crippen molar-refractivity contribution in [2.75, 3.05) is 19.4 Å². The average molecular weight is 448 g/mol. The summed E-state index contributed by atoms with van der Waals surface area (Å²) in [6.07, 6.45) is 0.219. The molecule has 0 radical (unpaired) electrons. The van der Waals surface area contributed by atoms with Crippen molar-refractivity contribution in [3.8, 4) is 11.5 Å². The summed E-state index contributed by atoms with van der Waals surface area (Å²) < 4.78 is 58.5. The molecule has 158 valence electrons. The Kier molecular flexibility index (Phi) is 8.21. The van der Waals surface area contributed by atoms with Crippen LogP contribution in [-0.2, 0) is 21.1 Å². The first-order chi connectivity index (χ1) is 13.7. The van der Waals surface area contributed by atoms with E-state index in [1.54, 1.807) is 6.07 Å². The number of halogens is 3. The van der Waals surface area contributed by atoms with Gasteiger partial charge in [-0.3, -0.25) is 4.79 Å². The molecule has 10 heteroatoms. The van der Waals surface area contributed by atoms with Crippen molar-refractivity contribution in [1.29, 1.82) is 0 Å². The summed E-state index contributed by atoms with van der Waals surface area (Å²) in [6, 6.07) is 10.2. The van der Waals surface area contributed by atoms with Crippen LogP contribution in [0.1, 0.15) is 12.0 Å². The minimum Gasteiger partial charge on any atom is -0.493 e. The highest BCUT2D eigenvalue weighted by atomic mass is 35.5. The smallest absolute Gasteiger partial charge is 0.387 e. The number of benzene rings is 2. The monoisotopic (exact) mass is 447 g/mol. The van der Waals surface area contributed by atoms with E-state index in [9.17, 15) is 22.0 Å². The largest absolute Gasteiger partial charge is 0.493 e. The molecular weight excluding hydrogens is 428 g/mol. The maximum absolute atomic E-state index is 12.3. The standard InChI is InChI=1S/C19H20ClF2NO5S/c1-27-17-12-13(2-7-16(17)28-19(21)22)8-10-23-18(24)9-11-29(25,26)15-5-3-14(20)4-6-15/h2-7,12,19H,8-11H2,1H3,(H,23,24). The fourth-order valence-corrected chi connectivity index (χ4v) is 3.85. The van der Waals surface area contributed by atoms with Gasteiger partial charge < -0.3 is 14.8 Å². The number of methoxy groups -OCH3 is 1. The Hall–Kier alpha value is -2.39. The van der Waals surface area contributed by atoms with E-state index in [4.69, 9.17) is 16.3 Å². The summed E-state index contributed by atoms with van der Waals surface area (Å²) >= 11 is 5.74. The van der Waals surface area contributed by atoms with Gasteiger partial charge in [-0.2, -0.15) is 8.78 Å². The molecule has 0 atom stereocenters. The lowest BCUT2D eigenvalue weighted by molar-refractivity contribution is -0.120. The Morgan fingerprint density at radius 1 is 1.14 bits per heavy atom. The zero-order valence-corrected chi connectivity index (χ0v) is 17.1. The molecule has 2 aromatic carbocycles. The van der Waals surface area contributed by atoms with Crippen LogP contribution in [0.4, 0.5) is 8.78 Å². The van der Waals surface area contributed by atoms with Crippen molar-refractivity contribution in [3.05, 3.63) is 53.1 Å². The Morgan fingerprint density at radius 2 is 1.83 bits per heavy atom. The minimum atomic E-state index is -3.58. The molecule has 0 aliphatic rings. The molecular formula is C19H20ClF2NO5S. The molecule has 1 N–H and O–H groups in total. The van der Waals surface area contributed by atoms with Gasteiger partial charge in [0.2, 0.25) is 5.91 Å². The van der Waals surface area contributed by atoms with Crippen LogP contribution >= 0.6 is 11.6 Å². The molecule has 2 aromatic rings. The van der Waals surface area contributed by atoms with E-state index < -0.39 is 22.4 Å². The van der Waals surface area contributed by atoms with E-state index >= 15 is 0 Å². The first kappa shape index (κ1) is 22.9. The number of alkyl halides is 2. The van der Waals surface area contributed by atoms with E-state index in [-0.39, 0.29) is 35.1 Å². The number of carbonyl (C=O) groups is 1. The second-order valence-electron chi connectivity index (χ2n) is 5.99. The summed E-state index contributed by atoms with van der Waals surface area (Å²) in [7, 11) is -2.25. The van der Waals surface area contributed by atoms with E-state index in [2.05, 4.69) is 10.1 Å². The lowest BCUT2D eigenvalue weighted by atomic mass is 10.1. The number of hydrogen-bond donors (Lipinski definition) is 1. The molecule has 0 saturated heterocycles. The van der Waals surface area contributed by atoms with Gasteiger partial charge in [0.25, 0.3) is 0 Å². The third kappa shape index (κ3) is 7.17. The topological polar surface area (TPSA) is 81.7 Å². The molecule has 0 bridgehead atoms. The number of amides is 1. The third-order valence-electron chi connectivity index (χ3n) is 3.95. The molecule has 0 saturated carbocycles. The Bertz CT molecular complexity index is 936. The third-order valence-corrected chi connectivity index (χ3v) is 5.93. The fraction of sp³-hybridized carbons (Fsp3) is 0.316. The molecule has 0 aromatic heterocycles. The van der Waals surface area contributed by atoms with Crippen LogP contribution in [0.2, 0.25) is 5.02 Å². The number of rotatable bonds is 10. The average Bonchev–Trinajstić information content (AvgIpc) is 2.67. The van der Waals surface area contributed by atoms with E-state index in [1.807, 2.05) is 0 Å². The molecule has 0 unspecified atom stereocenters. The molecule has 2 rings (SSSR count). The van der Waals surface area contributed by atoms with Gasteiger partial charge in [-0.05, 0) is 48.4 Å². The van der Waals surface area contributed by atoms with Gasteiger partial charge in [0.1, 0.15) is 0 Å². The molecule has 6 nitrogen and oxygen atoms in total. The van der Waals surface area contributed by atoms with Crippen molar-refractivity contribution >= 4 is 27.3 Å². The second kappa shape index (κ2) is 10.4. The summed E-state index contributed by atoms with van der Waals surface area (Å²) in [4.78, 5) is 12.0. The predicted octanol–water partition coefficient (Wildman–Crippen LogP) is 3.47. The van der Waals surface area contributed by atoms with Crippen LogP contribution in [0.5, 0.6) is 11.5 Å². The number of carbonyl (C=O) groups excluding carboxylic acids is 1. The Labute approximate surface area is 172 Å². The molecule has 0 spiro atoms. The van der Waals surface area contributed by atoms with Gasteiger partial charge in [-0.15, -0.1) is 0 Å². The zero-order chi connectivity index (χ0) is 21.4. The van der Waals surface area contributed by atoms with Crippen LogP contribution in [0.3, 0.4) is 0 Å². The Morgan fingerprint density at radius 3 is 2.45 bits per heavy atom. The summed E-state index contributed by atoms with van der Waals surface area (Å²) in [5.41, 5.74) is 0.734. The summed E-state index contributed by atoms with van der Waals surface area (Å²) in [6.45, 7) is -2.71. The van der Waals surface area contributed by atoms with Crippen LogP contribution in [0, 0.1) is 0 Å². The number of sulfone groups is 1. The lowest BCUT2D eigenvalue weighted by Gasteiger charge is -2.12. The van der Waals surface area contributed by atoms with Crippen LogP contribution < -0.4 is 14.8 Å². The van der Waals surface area contributed by atoms with Crippen molar-refractivity contribution in [2.45, 2.75) is 24.3 Å². The quantitative estimate of drug-likeness (QED) is 0.603. The summed E-state index contributed by atoms with van der Waals surface area (Å²) in [5.74, 6) is -0.661. The SMILES string of the molecule is COc1cc(CCNC(=O)CCS(=O)(=O)c2ccc(Cl)cc2)ccc1OC(F)F. The first-order valence-electron chi connectivity index (χ1n) is 8.58. The maximum Gasteiger partial charge on any atom is 0.387 e. The molecule has 1 amide bonds. The number of nitrogens with one attached hydrogen (secondary N) is 1. The second-order valence-corrected chi connectivity index (χ2v) is 8.53. The van der Waals surface area contributed by atoms with Crippen LogP contribution in [-0.4, -0.2) is 40.3 Å². The van der Waals surface area contributed by atoms with Gasteiger partial charge in [-0.1, -0.05) is 17.7 Å². The minimum absolute atomic E-state index is 0.0808. The van der Waals surface area contributed by atoms with Gasteiger partial charge in [0.05, 0.1) is 17.8 Å². The van der Waals surface area contributed by atoms with Crippen molar-refractivity contribution in [3.63, 3.8) is 0 Å². The number of hydrogen-bond acceptors (Lipinski definition) is 5. The number of ether oxygens (including phenoxy) is 2. The van der Waals surface area contributed by atoms with Gasteiger partial charge in [-0.25, -0.2) is 8.42 Å². The Balaban J connectivity index is 1.83. The highest BCUT2D eigenvalue weighted by Gasteiger charge is 2.16. The summed E-state index contributed by atoms with van der Waals surface area (Å²) in [5, 5.41) is 3.06. The zero-order valence-electron chi connectivity index (χ0n) is 15.5. The molecule has 0 heterocycles. The van der Waals surface area contributed by atoms with Gasteiger partial charge in [0, 0.05) is 18.0 Å². The lowest BCUT2D eigenvalue weighted by Crippen LogP contribution is -2.27. The molecule has 0 fully saturated rings. The fourth-order valence-electron chi connectivity index (χ4n) is 2.48. The van der Waals surface area contributed by atoms with E-state index in [0.717, 1.165) is 5.56 Å². The van der Waals surface area contributed by atoms with Gasteiger partial charge in [0.15, 0.2) is 21.3 Å². The highest BCUT2D eigenvalue weighted by Crippen LogP contribution is 2.29. The highest BCUT2D eigenvalue weighted by molar-refractivity contribution is 7.91. The maximum atomic E-state index is 12.3. The predicted molar refractivity (Wildman–Crippen MR) is 104 cm³/mol. The van der Waals surface area contributed by atoms with Crippen LogP contribution in [0.25, 0.3) is 0 Å².